The van der Waals surface area contributed by atoms with Crippen LogP contribution >= 0.6 is 15.9 Å². The first-order valence-corrected chi connectivity index (χ1v) is 6.95. The van der Waals surface area contributed by atoms with Crippen LogP contribution < -0.4 is 20.1 Å². The van der Waals surface area contributed by atoms with Gasteiger partial charge in [0.25, 0.3) is 0 Å². The highest BCUT2D eigenvalue weighted by atomic mass is 79.9. The van der Waals surface area contributed by atoms with Gasteiger partial charge in [-0.25, -0.2) is 0 Å². The summed E-state index contributed by atoms with van der Waals surface area (Å²) in [5, 5.41) is 15.1. The molecule has 0 aliphatic carbocycles. The van der Waals surface area contributed by atoms with Gasteiger partial charge in [0.15, 0.2) is 11.5 Å². The molecule has 0 fully saturated rings. The van der Waals surface area contributed by atoms with Crippen molar-refractivity contribution in [2.75, 3.05) is 40.5 Å². The predicted molar refractivity (Wildman–Crippen MR) is 78.9 cm³/mol. The normalized spacial score (nSPS) is 10.5. The van der Waals surface area contributed by atoms with Gasteiger partial charge in [-0.1, -0.05) is 15.9 Å². The molecule has 0 aromatic heterocycles. The molecule has 108 valence electrons. The number of ether oxygens (including phenoxy) is 2. The number of aliphatic hydroxyl groups is 1. The molecule has 0 atom stereocenters. The largest absolute Gasteiger partial charge is 0.493 e. The van der Waals surface area contributed by atoms with Crippen molar-refractivity contribution >= 4 is 15.9 Å². The smallest absolute Gasteiger partial charge is 0.165 e. The summed E-state index contributed by atoms with van der Waals surface area (Å²) in [6.07, 6.45) is 0. The first-order chi connectivity index (χ1) is 9.22. The standard InChI is InChI=1S/C13H21BrN2O3/c1-18-12-8-11(14)7-10(13(12)19-2)9-16-4-3-15-5-6-17/h7-8,15-17H,3-6,9H2,1-2H3. The van der Waals surface area contributed by atoms with Crippen molar-refractivity contribution in [3.8, 4) is 11.5 Å². The summed E-state index contributed by atoms with van der Waals surface area (Å²) in [5.74, 6) is 1.47. The average molecular weight is 333 g/mol. The van der Waals surface area contributed by atoms with Crippen molar-refractivity contribution in [2.24, 2.45) is 0 Å². The third-order valence-corrected chi connectivity index (χ3v) is 3.06. The lowest BCUT2D eigenvalue weighted by atomic mass is 10.2. The Kier molecular flexibility index (Phi) is 7.81. The van der Waals surface area contributed by atoms with E-state index in [0.29, 0.717) is 18.8 Å². The number of nitrogens with one attached hydrogen (secondary N) is 2. The van der Waals surface area contributed by atoms with E-state index in [1.165, 1.54) is 0 Å². The van der Waals surface area contributed by atoms with Gasteiger partial charge >= 0.3 is 0 Å². The highest BCUT2D eigenvalue weighted by Crippen LogP contribution is 2.34. The van der Waals surface area contributed by atoms with E-state index < -0.39 is 0 Å². The highest BCUT2D eigenvalue weighted by molar-refractivity contribution is 9.10. The lowest BCUT2D eigenvalue weighted by Crippen LogP contribution is -2.28. The summed E-state index contributed by atoms with van der Waals surface area (Å²) in [4.78, 5) is 0. The van der Waals surface area contributed by atoms with Crippen LogP contribution in [0.5, 0.6) is 11.5 Å². The van der Waals surface area contributed by atoms with Gasteiger partial charge in [-0.2, -0.15) is 0 Å². The molecule has 0 heterocycles. The van der Waals surface area contributed by atoms with Gasteiger partial charge in [0.05, 0.1) is 20.8 Å². The second kappa shape index (κ2) is 9.14. The summed E-state index contributed by atoms with van der Waals surface area (Å²) in [6.45, 7) is 3.11. The Morgan fingerprint density at radius 2 is 1.84 bits per heavy atom. The molecular formula is C13H21BrN2O3. The van der Waals surface area contributed by atoms with Crippen molar-refractivity contribution in [2.45, 2.75) is 6.54 Å². The van der Waals surface area contributed by atoms with E-state index in [1.807, 2.05) is 12.1 Å². The predicted octanol–water partition coefficient (Wildman–Crippen LogP) is 1.14. The molecule has 19 heavy (non-hydrogen) atoms. The number of rotatable bonds is 9. The molecule has 0 saturated carbocycles. The molecule has 0 aliphatic rings. The maximum atomic E-state index is 8.64. The first-order valence-electron chi connectivity index (χ1n) is 6.15. The molecule has 0 aliphatic heterocycles. The van der Waals surface area contributed by atoms with Crippen LogP contribution in [0.4, 0.5) is 0 Å². The number of aliphatic hydroxyl groups excluding tert-OH is 1. The van der Waals surface area contributed by atoms with E-state index in [0.717, 1.165) is 28.9 Å². The quantitative estimate of drug-likeness (QED) is 0.592. The van der Waals surface area contributed by atoms with E-state index in [-0.39, 0.29) is 6.61 Å². The Balaban J connectivity index is 2.54. The summed E-state index contributed by atoms with van der Waals surface area (Å²) in [7, 11) is 3.26. The van der Waals surface area contributed by atoms with Crippen molar-refractivity contribution in [1.82, 2.24) is 10.6 Å². The third kappa shape index (κ3) is 5.36. The van der Waals surface area contributed by atoms with Crippen molar-refractivity contribution in [3.63, 3.8) is 0 Å². The van der Waals surface area contributed by atoms with Crippen molar-refractivity contribution < 1.29 is 14.6 Å². The topological polar surface area (TPSA) is 62.8 Å². The second-order valence-corrected chi connectivity index (χ2v) is 4.87. The number of hydrogen-bond acceptors (Lipinski definition) is 5. The Morgan fingerprint density at radius 3 is 2.47 bits per heavy atom. The lowest BCUT2D eigenvalue weighted by Gasteiger charge is -2.14. The molecule has 5 nitrogen and oxygen atoms in total. The molecular weight excluding hydrogens is 312 g/mol. The molecule has 0 bridgehead atoms. The van der Waals surface area contributed by atoms with E-state index in [1.54, 1.807) is 14.2 Å². The minimum Gasteiger partial charge on any atom is -0.493 e. The zero-order chi connectivity index (χ0) is 14.1. The van der Waals surface area contributed by atoms with E-state index in [4.69, 9.17) is 14.6 Å². The van der Waals surface area contributed by atoms with Gasteiger partial charge in [0.2, 0.25) is 0 Å². The monoisotopic (exact) mass is 332 g/mol. The molecule has 1 aromatic rings. The van der Waals surface area contributed by atoms with Gasteiger partial charge in [-0.15, -0.1) is 0 Å². The summed E-state index contributed by atoms with van der Waals surface area (Å²) < 4.78 is 11.6. The van der Waals surface area contributed by atoms with Crippen molar-refractivity contribution in [3.05, 3.63) is 22.2 Å². The average Bonchev–Trinajstić information content (AvgIpc) is 2.42. The van der Waals surface area contributed by atoms with E-state index in [9.17, 15) is 0 Å². The van der Waals surface area contributed by atoms with Crippen LogP contribution in [-0.2, 0) is 6.54 Å². The number of halogens is 1. The molecule has 1 rings (SSSR count). The van der Waals surface area contributed by atoms with Crippen molar-refractivity contribution in [1.29, 1.82) is 0 Å². The fraction of sp³-hybridized carbons (Fsp3) is 0.538. The van der Waals surface area contributed by atoms with Crippen LogP contribution in [0.1, 0.15) is 5.56 Å². The minimum atomic E-state index is 0.163. The SMILES string of the molecule is COc1cc(Br)cc(CNCCNCCO)c1OC. The van der Waals surface area contributed by atoms with E-state index in [2.05, 4.69) is 26.6 Å². The molecule has 6 heteroatoms. The first kappa shape index (κ1) is 16.2. The van der Waals surface area contributed by atoms with Crippen LogP contribution in [0.25, 0.3) is 0 Å². The molecule has 0 spiro atoms. The maximum absolute atomic E-state index is 8.64. The number of hydrogen-bond donors (Lipinski definition) is 3. The van der Waals surface area contributed by atoms with Crippen LogP contribution in [0, 0.1) is 0 Å². The summed E-state index contributed by atoms with van der Waals surface area (Å²) in [5.41, 5.74) is 1.04. The molecule has 0 amide bonds. The maximum Gasteiger partial charge on any atom is 0.165 e. The molecule has 0 radical (unpaired) electrons. The Bertz CT molecular complexity index is 388. The Hall–Kier alpha value is -0.820. The van der Waals surface area contributed by atoms with Gasteiger partial charge in [-0.05, 0) is 12.1 Å². The summed E-state index contributed by atoms with van der Waals surface area (Å²) >= 11 is 3.46. The van der Waals surface area contributed by atoms with Crippen LogP contribution in [0.3, 0.4) is 0 Å². The number of benzene rings is 1. The van der Waals surface area contributed by atoms with Crippen LogP contribution in [-0.4, -0.2) is 45.6 Å². The van der Waals surface area contributed by atoms with Gasteiger partial charge < -0.3 is 25.2 Å². The molecule has 0 unspecified atom stereocenters. The fourth-order valence-corrected chi connectivity index (χ4v) is 2.23. The Morgan fingerprint density at radius 1 is 1.11 bits per heavy atom. The van der Waals surface area contributed by atoms with Crippen LogP contribution in [0.15, 0.2) is 16.6 Å². The molecule has 1 aromatic carbocycles. The summed E-state index contributed by atoms with van der Waals surface area (Å²) in [6, 6.07) is 3.89. The highest BCUT2D eigenvalue weighted by Gasteiger charge is 2.11. The Labute approximate surface area is 122 Å². The zero-order valence-corrected chi connectivity index (χ0v) is 12.9. The van der Waals surface area contributed by atoms with Crippen LogP contribution in [0.2, 0.25) is 0 Å². The molecule has 3 N–H and O–H groups in total. The lowest BCUT2D eigenvalue weighted by molar-refractivity contribution is 0.292. The number of methoxy groups -OCH3 is 2. The minimum absolute atomic E-state index is 0.163. The van der Waals surface area contributed by atoms with Gasteiger partial charge in [0.1, 0.15) is 0 Å². The van der Waals surface area contributed by atoms with E-state index >= 15 is 0 Å². The zero-order valence-electron chi connectivity index (χ0n) is 11.3. The fourth-order valence-electron chi connectivity index (χ4n) is 1.74. The molecule has 0 saturated heterocycles. The van der Waals surface area contributed by atoms with Gasteiger partial charge in [-0.3, -0.25) is 0 Å². The van der Waals surface area contributed by atoms with Gasteiger partial charge in [0, 0.05) is 36.2 Å². The third-order valence-electron chi connectivity index (χ3n) is 2.60. The second-order valence-electron chi connectivity index (χ2n) is 3.95.